The summed E-state index contributed by atoms with van der Waals surface area (Å²) in [6.45, 7) is 7.37. The highest BCUT2D eigenvalue weighted by Gasteiger charge is 2.51. The molecule has 1 aromatic rings. The first-order chi connectivity index (χ1) is 16.8. The number of rotatable bonds is 10. The van der Waals surface area contributed by atoms with Crippen LogP contribution >= 0.6 is 0 Å². The zero-order valence-electron chi connectivity index (χ0n) is 21.5. The van der Waals surface area contributed by atoms with Gasteiger partial charge in [0.05, 0.1) is 13.1 Å². The Morgan fingerprint density at radius 3 is 2.46 bits per heavy atom. The molecule has 1 N–H and O–H groups in total. The van der Waals surface area contributed by atoms with Gasteiger partial charge in [0, 0.05) is 20.1 Å². The first kappa shape index (κ1) is 26.9. The van der Waals surface area contributed by atoms with E-state index in [2.05, 4.69) is 12.2 Å². The number of benzene rings is 1. The Morgan fingerprint density at radius 2 is 1.80 bits per heavy atom. The van der Waals surface area contributed by atoms with Gasteiger partial charge >= 0.3 is 6.03 Å². The van der Waals surface area contributed by atoms with Crippen LogP contribution in [0.15, 0.2) is 24.3 Å². The number of fused-ring (bicyclic) bond motifs is 1. The van der Waals surface area contributed by atoms with Crippen molar-refractivity contribution in [1.29, 1.82) is 0 Å². The largest absolute Gasteiger partial charge is 0.337 e. The quantitative estimate of drug-likeness (QED) is 0.510. The number of hydrazine groups is 1. The van der Waals surface area contributed by atoms with Gasteiger partial charge in [-0.15, -0.1) is 0 Å². The van der Waals surface area contributed by atoms with Crippen LogP contribution in [0.4, 0.5) is 9.18 Å². The number of nitrogens with zero attached hydrogens (tertiary/aromatic N) is 4. The number of hydrogen-bond donors (Lipinski definition) is 1. The summed E-state index contributed by atoms with van der Waals surface area (Å²) in [5, 5.41) is 6.10. The Hall–Kier alpha value is -2.68. The summed E-state index contributed by atoms with van der Waals surface area (Å²) < 4.78 is 13.2. The smallest absolute Gasteiger partial charge is 0.334 e. The second-order valence-electron chi connectivity index (χ2n) is 9.76. The monoisotopic (exact) mass is 489 g/mol. The van der Waals surface area contributed by atoms with Gasteiger partial charge in [-0.05, 0) is 30.0 Å². The summed E-state index contributed by atoms with van der Waals surface area (Å²) in [4.78, 5) is 43.5. The van der Waals surface area contributed by atoms with Crippen LogP contribution in [0.2, 0.25) is 0 Å². The molecule has 0 bridgehead atoms. The van der Waals surface area contributed by atoms with Crippen molar-refractivity contribution in [2.45, 2.75) is 78.0 Å². The predicted octanol–water partition coefficient (Wildman–Crippen LogP) is 3.58. The highest BCUT2D eigenvalue weighted by atomic mass is 19.1. The molecule has 0 radical (unpaired) electrons. The Balaban J connectivity index is 1.79. The molecule has 3 rings (SSSR count). The molecule has 0 saturated carbocycles. The molecule has 4 amide bonds. The lowest BCUT2D eigenvalue weighted by atomic mass is 9.92. The second kappa shape index (κ2) is 12.3. The van der Waals surface area contributed by atoms with Gasteiger partial charge in [0.15, 0.2) is 0 Å². The summed E-state index contributed by atoms with van der Waals surface area (Å²) in [6.07, 6.45) is 5.63. The van der Waals surface area contributed by atoms with Crippen LogP contribution in [-0.4, -0.2) is 76.6 Å². The second-order valence-corrected chi connectivity index (χ2v) is 9.76. The van der Waals surface area contributed by atoms with E-state index in [1.807, 2.05) is 18.7 Å². The molecule has 35 heavy (non-hydrogen) atoms. The normalized spacial score (nSPS) is 21.8. The van der Waals surface area contributed by atoms with Crippen LogP contribution in [-0.2, 0) is 16.1 Å². The first-order valence-corrected chi connectivity index (χ1v) is 12.9. The van der Waals surface area contributed by atoms with E-state index in [0.717, 1.165) is 37.7 Å². The molecule has 194 valence electrons. The van der Waals surface area contributed by atoms with Crippen LogP contribution in [0, 0.1) is 11.7 Å². The van der Waals surface area contributed by atoms with Gasteiger partial charge in [0.25, 0.3) is 0 Å². The Bertz CT molecular complexity index is 880. The summed E-state index contributed by atoms with van der Waals surface area (Å²) >= 11 is 0. The van der Waals surface area contributed by atoms with Crippen molar-refractivity contribution in [2.75, 3.05) is 26.7 Å². The maximum absolute atomic E-state index is 13.5. The fourth-order valence-corrected chi connectivity index (χ4v) is 4.96. The van der Waals surface area contributed by atoms with E-state index in [-0.39, 0.29) is 42.7 Å². The van der Waals surface area contributed by atoms with E-state index < -0.39 is 12.2 Å². The zero-order valence-corrected chi connectivity index (χ0v) is 21.5. The number of carbonyl (C=O) groups is 3. The SMILES string of the molecule is CCCCCCCN1C[C@H]2N(C(=O)CN(C)N2C(=O)NCc2ccc(F)cc2)[C@@H](C(C)CC)C1=O. The highest BCUT2D eigenvalue weighted by Crippen LogP contribution is 2.30. The number of nitrogens with one attached hydrogen (secondary N) is 1. The van der Waals surface area contributed by atoms with Crippen LogP contribution in [0.5, 0.6) is 0 Å². The lowest BCUT2D eigenvalue weighted by Crippen LogP contribution is -2.76. The molecule has 2 fully saturated rings. The summed E-state index contributed by atoms with van der Waals surface area (Å²) in [6, 6.07) is 5.05. The fourth-order valence-electron chi connectivity index (χ4n) is 4.96. The molecule has 2 aliphatic heterocycles. The topological polar surface area (TPSA) is 76.2 Å². The van der Waals surface area contributed by atoms with Crippen molar-refractivity contribution in [3.05, 3.63) is 35.6 Å². The van der Waals surface area contributed by atoms with E-state index >= 15 is 0 Å². The van der Waals surface area contributed by atoms with Gasteiger partial charge < -0.3 is 15.1 Å². The van der Waals surface area contributed by atoms with Crippen molar-refractivity contribution in [3.8, 4) is 0 Å². The van der Waals surface area contributed by atoms with Crippen LogP contribution in [0.3, 0.4) is 0 Å². The molecular formula is C26H40FN5O3. The average molecular weight is 490 g/mol. The third-order valence-corrected chi connectivity index (χ3v) is 7.15. The van der Waals surface area contributed by atoms with E-state index in [9.17, 15) is 18.8 Å². The Morgan fingerprint density at radius 1 is 1.11 bits per heavy atom. The first-order valence-electron chi connectivity index (χ1n) is 12.9. The van der Waals surface area contributed by atoms with Gasteiger partial charge in [-0.25, -0.2) is 19.2 Å². The van der Waals surface area contributed by atoms with Crippen molar-refractivity contribution >= 4 is 17.8 Å². The van der Waals surface area contributed by atoms with Gasteiger partial charge in [-0.3, -0.25) is 9.59 Å². The minimum Gasteiger partial charge on any atom is -0.337 e. The van der Waals surface area contributed by atoms with Gasteiger partial charge in [-0.2, -0.15) is 0 Å². The highest BCUT2D eigenvalue weighted by molar-refractivity contribution is 5.91. The van der Waals surface area contributed by atoms with Gasteiger partial charge in [0.1, 0.15) is 18.0 Å². The third-order valence-electron chi connectivity index (χ3n) is 7.15. The maximum Gasteiger partial charge on any atom is 0.334 e. The number of hydrogen-bond acceptors (Lipinski definition) is 4. The van der Waals surface area contributed by atoms with Crippen molar-refractivity contribution in [3.63, 3.8) is 0 Å². The fraction of sp³-hybridized carbons (Fsp3) is 0.654. The minimum absolute atomic E-state index is 0.0179. The van der Waals surface area contributed by atoms with E-state index in [0.29, 0.717) is 13.1 Å². The zero-order chi connectivity index (χ0) is 25.5. The minimum atomic E-state index is -0.581. The summed E-state index contributed by atoms with van der Waals surface area (Å²) in [5.74, 6) is -0.510. The molecule has 0 aliphatic carbocycles. The van der Waals surface area contributed by atoms with Crippen LogP contribution in [0.1, 0.15) is 64.9 Å². The molecule has 2 heterocycles. The third kappa shape index (κ3) is 6.31. The molecule has 0 aromatic heterocycles. The van der Waals surface area contributed by atoms with Crippen molar-refractivity contribution in [1.82, 2.24) is 25.1 Å². The van der Waals surface area contributed by atoms with E-state index in [4.69, 9.17) is 0 Å². The van der Waals surface area contributed by atoms with Crippen molar-refractivity contribution in [2.24, 2.45) is 5.92 Å². The average Bonchev–Trinajstić information content (AvgIpc) is 2.83. The van der Waals surface area contributed by atoms with E-state index in [1.54, 1.807) is 34.1 Å². The molecule has 2 aliphatic rings. The van der Waals surface area contributed by atoms with Gasteiger partial charge in [0.2, 0.25) is 11.8 Å². The lowest BCUT2D eigenvalue weighted by molar-refractivity contribution is -0.190. The number of halogens is 1. The Kier molecular flexibility index (Phi) is 9.48. The number of unbranched alkanes of at least 4 members (excludes halogenated alkanes) is 4. The summed E-state index contributed by atoms with van der Waals surface area (Å²) in [5.41, 5.74) is 0.775. The molecule has 1 aromatic carbocycles. The number of carbonyl (C=O) groups excluding carboxylic acids is 3. The number of likely N-dealkylation sites (N-methyl/N-ethyl adjacent to an activating group) is 1. The van der Waals surface area contributed by atoms with Crippen LogP contribution < -0.4 is 5.32 Å². The molecule has 1 unspecified atom stereocenters. The molecule has 9 heteroatoms. The molecule has 8 nitrogen and oxygen atoms in total. The molecule has 0 spiro atoms. The Labute approximate surface area is 208 Å². The summed E-state index contributed by atoms with van der Waals surface area (Å²) in [7, 11) is 1.72. The van der Waals surface area contributed by atoms with Crippen LogP contribution in [0.25, 0.3) is 0 Å². The lowest BCUT2D eigenvalue weighted by Gasteiger charge is -2.55. The number of urea groups is 1. The van der Waals surface area contributed by atoms with E-state index in [1.165, 1.54) is 18.6 Å². The van der Waals surface area contributed by atoms with Crippen molar-refractivity contribution < 1.29 is 18.8 Å². The number of amides is 4. The predicted molar refractivity (Wildman–Crippen MR) is 132 cm³/mol. The number of piperazine rings is 1. The standard InChI is InChI=1S/C26H40FN5O3/c1-5-7-8-9-10-15-30-17-22-31(24(25(30)34)19(3)6-2)23(33)18-29(4)32(22)26(35)28-16-20-11-13-21(27)14-12-20/h11-14,19,22,24H,5-10,15-18H2,1-4H3,(H,28,35)/t19?,22-,24-/m0/s1. The maximum atomic E-state index is 13.5. The molecule has 3 atom stereocenters. The van der Waals surface area contributed by atoms with Gasteiger partial charge in [-0.1, -0.05) is 65.0 Å². The molecular weight excluding hydrogens is 449 g/mol. The molecule has 2 saturated heterocycles.